The van der Waals surface area contributed by atoms with E-state index >= 15 is 0 Å². The molecule has 0 aromatic rings. The van der Waals surface area contributed by atoms with Crippen molar-refractivity contribution < 1.29 is 4.74 Å². The number of rotatable bonds is 7. The van der Waals surface area contributed by atoms with Gasteiger partial charge in [0.2, 0.25) is 0 Å². The molecule has 0 heterocycles. The predicted molar refractivity (Wildman–Crippen MR) is 81.2 cm³/mol. The summed E-state index contributed by atoms with van der Waals surface area (Å²) >= 11 is 0. The van der Waals surface area contributed by atoms with Crippen LogP contribution in [-0.4, -0.2) is 21.3 Å². The molecule has 1 nitrogen and oxygen atoms in total. The Bertz CT molecular complexity index is 371. The Labute approximate surface area is 112 Å². The fourth-order valence-corrected chi connectivity index (χ4v) is 6.88. The summed E-state index contributed by atoms with van der Waals surface area (Å²) in [5.74, 6) is 0. The third kappa shape index (κ3) is 2.93. The van der Waals surface area contributed by atoms with E-state index < -0.39 is 8.07 Å². The highest BCUT2D eigenvalue weighted by atomic mass is 28.3. The monoisotopic (exact) mass is 260 g/mol. The first-order valence-corrected chi connectivity index (χ1v) is 9.78. The highest BCUT2D eigenvalue weighted by Crippen LogP contribution is 2.36. The lowest BCUT2D eigenvalue weighted by atomic mass is 10.5. The second kappa shape index (κ2) is 6.35. The van der Waals surface area contributed by atoms with E-state index in [0.29, 0.717) is 0 Å². The van der Waals surface area contributed by atoms with Crippen LogP contribution < -0.4 is 0 Å². The molecule has 0 spiro atoms. The largest absolute Gasteiger partial charge is 0.382 e. The van der Waals surface area contributed by atoms with Crippen molar-refractivity contribution >= 4 is 8.07 Å². The standard InChI is InChI=1S/C16H24OSi/c1-3-17-13-8-14-18(2,15-9-4-5-10-15)16-11-6-7-12-16/h4-7,9,11H,3,8,10,12-14H2,1-2H3. The molecule has 0 aromatic heterocycles. The van der Waals surface area contributed by atoms with Gasteiger partial charge in [-0.1, -0.05) is 53.4 Å². The topological polar surface area (TPSA) is 9.23 Å². The highest BCUT2D eigenvalue weighted by molar-refractivity contribution is 6.91. The van der Waals surface area contributed by atoms with Crippen LogP contribution >= 0.6 is 0 Å². The lowest BCUT2D eigenvalue weighted by Crippen LogP contribution is -2.36. The average molecular weight is 260 g/mol. The van der Waals surface area contributed by atoms with Gasteiger partial charge in [0.15, 0.2) is 0 Å². The van der Waals surface area contributed by atoms with E-state index in [1.54, 1.807) is 10.4 Å². The van der Waals surface area contributed by atoms with Crippen LogP contribution in [0.3, 0.4) is 0 Å². The Morgan fingerprint density at radius 1 is 1.11 bits per heavy atom. The molecular weight excluding hydrogens is 236 g/mol. The van der Waals surface area contributed by atoms with Crippen LogP contribution in [0.25, 0.3) is 0 Å². The van der Waals surface area contributed by atoms with Gasteiger partial charge in [-0.25, -0.2) is 0 Å². The maximum absolute atomic E-state index is 5.51. The highest BCUT2D eigenvalue weighted by Gasteiger charge is 2.35. The first-order chi connectivity index (χ1) is 8.77. The molecule has 18 heavy (non-hydrogen) atoms. The lowest BCUT2D eigenvalue weighted by Gasteiger charge is -2.31. The fraction of sp³-hybridized carbons (Fsp3) is 0.500. The summed E-state index contributed by atoms with van der Waals surface area (Å²) in [6, 6.07) is 1.33. The number of ether oxygens (including phenoxy) is 1. The van der Waals surface area contributed by atoms with Crippen molar-refractivity contribution in [2.45, 2.75) is 38.8 Å². The third-order valence-electron chi connectivity index (χ3n) is 4.13. The van der Waals surface area contributed by atoms with Crippen LogP contribution in [0.2, 0.25) is 12.6 Å². The molecule has 2 aliphatic rings. The van der Waals surface area contributed by atoms with Crippen LogP contribution in [0, 0.1) is 0 Å². The molecule has 0 saturated carbocycles. The quantitative estimate of drug-likeness (QED) is 0.488. The molecule has 0 saturated heterocycles. The number of hydrogen-bond donors (Lipinski definition) is 0. The molecule has 2 rings (SSSR count). The molecule has 0 radical (unpaired) electrons. The summed E-state index contributed by atoms with van der Waals surface area (Å²) in [7, 11) is -1.42. The smallest absolute Gasteiger partial charge is 0.106 e. The van der Waals surface area contributed by atoms with Crippen molar-refractivity contribution in [2.75, 3.05) is 13.2 Å². The maximum atomic E-state index is 5.51. The molecule has 0 atom stereocenters. The summed E-state index contributed by atoms with van der Waals surface area (Å²) in [4.78, 5) is 0. The first kappa shape index (κ1) is 13.6. The van der Waals surface area contributed by atoms with Crippen LogP contribution in [0.5, 0.6) is 0 Å². The predicted octanol–water partition coefficient (Wildman–Crippen LogP) is 4.34. The molecule has 0 unspecified atom stereocenters. The minimum absolute atomic E-state index is 0.840. The maximum Gasteiger partial charge on any atom is 0.106 e. The SMILES string of the molecule is CCOCCC[Si](C)(C1=CC=CC1)C1=CC=CC1. The minimum atomic E-state index is -1.42. The van der Waals surface area contributed by atoms with Crippen molar-refractivity contribution in [3.63, 3.8) is 0 Å². The summed E-state index contributed by atoms with van der Waals surface area (Å²) < 4.78 is 5.51. The van der Waals surface area contributed by atoms with E-state index in [-0.39, 0.29) is 0 Å². The van der Waals surface area contributed by atoms with Gasteiger partial charge in [-0.15, -0.1) is 0 Å². The van der Waals surface area contributed by atoms with Crippen molar-refractivity contribution in [3.05, 3.63) is 46.8 Å². The summed E-state index contributed by atoms with van der Waals surface area (Å²) in [6.07, 6.45) is 17.3. The molecule has 0 amide bonds. The zero-order valence-electron chi connectivity index (χ0n) is 11.6. The molecule has 0 aromatic carbocycles. The Hall–Kier alpha value is -0.863. The van der Waals surface area contributed by atoms with E-state index in [9.17, 15) is 0 Å². The second-order valence-electron chi connectivity index (χ2n) is 5.28. The molecule has 0 aliphatic heterocycles. The van der Waals surface area contributed by atoms with Crippen molar-refractivity contribution in [3.8, 4) is 0 Å². The Kier molecular flexibility index (Phi) is 4.78. The molecule has 2 heteroatoms. The molecule has 0 fully saturated rings. The Morgan fingerprint density at radius 3 is 2.17 bits per heavy atom. The van der Waals surface area contributed by atoms with Crippen LogP contribution in [0.1, 0.15) is 26.2 Å². The van der Waals surface area contributed by atoms with Crippen LogP contribution in [0.15, 0.2) is 46.8 Å². The summed E-state index contributed by atoms with van der Waals surface area (Å²) in [5.41, 5.74) is 0. The summed E-state index contributed by atoms with van der Waals surface area (Å²) in [5, 5.41) is 3.41. The van der Waals surface area contributed by atoms with Gasteiger partial charge >= 0.3 is 0 Å². The van der Waals surface area contributed by atoms with E-state index in [1.165, 1.54) is 25.3 Å². The zero-order valence-corrected chi connectivity index (χ0v) is 12.6. The lowest BCUT2D eigenvalue weighted by molar-refractivity contribution is 0.148. The van der Waals surface area contributed by atoms with Gasteiger partial charge in [0.1, 0.15) is 8.07 Å². The molecular formula is C16H24OSi. The molecule has 2 aliphatic carbocycles. The van der Waals surface area contributed by atoms with Gasteiger partial charge in [0.25, 0.3) is 0 Å². The molecule has 98 valence electrons. The second-order valence-corrected chi connectivity index (χ2v) is 9.73. The molecule has 0 N–H and O–H groups in total. The van der Waals surface area contributed by atoms with Crippen molar-refractivity contribution in [2.24, 2.45) is 0 Å². The van der Waals surface area contributed by atoms with Gasteiger partial charge in [-0.05, 0) is 32.2 Å². The Morgan fingerprint density at radius 2 is 1.72 bits per heavy atom. The number of allylic oxidation sites excluding steroid dienone is 8. The van der Waals surface area contributed by atoms with Gasteiger partial charge in [0, 0.05) is 13.2 Å². The van der Waals surface area contributed by atoms with E-state index in [0.717, 1.165) is 13.2 Å². The molecule has 0 bridgehead atoms. The number of hydrogen-bond acceptors (Lipinski definition) is 1. The third-order valence-corrected chi connectivity index (χ3v) is 9.06. The Balaban J connectivity index is 2.03. The van der Waals surface area contributed by atoms with E-state index in [2.05, 4.69) is 49.9 Å². The average Bonchev–Trinajstić information content (AvgIpc) is 3.05. The van der Waals surface area contributed by atoms with E-state index in [4.69, 9.17) is 4.74 Å². The fourth-order valence-electron chi connectivity index (χ4n) is 2.91. The van der Waals surface area contributed by atoms with Gasteiger partial charge in [0.05, 0.1) is 0 Å². The van der Waals surface area contributed by atoms with Gasteiger partial charge in [-0.3, -0.25) is 0 Å². The van der Waals surface area contributed by atoms with E-state index in [1.807, 2.05) is 0 Å². The van der Waals surface area contributed by atoms with Gasteiger partial charge in [-0.2, -0.15) is 0 Å². The first-order valence-electron chi connectivity index (χ1n) is 7.07. The van der Waals surface area contributed by atoms with Crippen molar-refractivity contribution in [1.29, 1.82) is 0 Å². The van der Waals surface area contributed by atoms with Crippen LogP contribution in [0.4, 0.5) is 0 Å². The van der Waals surface area contributed by atoms with Crippen LogP contribution in [-0.2, 0) is 4.74 Å². The van der Waals surface area contributed by atoms with Crippen molar-refractivity contribution in [1.82, 2.24) is 0 Å². The minimum Gasteiger partial charge on any atom is -0.382 e. The summed E-state index contributed by atoms with van der Waals surface area (Å²) in [6.45, 7) is 6.37. The normalized spacial score (nSPS) is 18.3. The van der Waals surface area contributed by atoms with Gasteiger partial charge < -0.3 is 4.74 Å². The zero-order chi connectivity index (χ0) is 12.8.